The maximum absolute atomic E-state index is 11.0. The van der Waals surface area contributed by atoms with Gasteiger partial charge in [0.2, 0.25) is 6.29 Å². The zero-order chi connectivity index (χ0) is 11.0. The Morgan fingerprint density at radius 2 is 2.14 bits per heavy atom. The van der Waals surface area contributed by atoms with E-state index in [1.807, 2.05) is 6.92 Å². The third-order valence-corrected chi connectivity index (χ3v) is 1.55. The Hall–Kier alpha value is -0.650. The first-order valence-electron chi connectivity index (χ1n) is 4.91. The van der Waals surface area contributed by atoms with Crippen LogP contribution in [0.1, 0.15) is 40.0 Å². The van der Waals surface area contributed by atoms with Crippen LogP contribution in [0, 0.1) is 5.21 Å². The van der Waals surface area contributed by atoms with Crippen molar-refractivity contribution in [1.29, 1.82) is 0 Å². The molecule has 0 spiro atoms. The topological polar surface area (TPSA) is 61.8 Å². The molecule has 0 unspecified atom stereocenters. The van der Waals surface area contributed by atoms with Gasteiger partial charge in [-0.05, 0) is 13.3 Å². The van der Waals surface area contributed by atoms with Crippen LogP contribution >= 0.6 is 0 Å². The predicted molar refractivity (Wildman–Crippen MR) is 51.9 cm³/mol. The van der Waals surface area contributed by atoms with Crippen LogP contribution in [0.4, 0.5) is 0 Å². The quantitative estimate of drug-likeness (QED) is 0.359. The van der Waals surface area contributed by atoms with Crippen molar-refractivity contribution in [3.8, 4) is 0 Å². The molecule has 5 nitrogen and oxygen atoms in total. The lowest BCUT2D eigenvalue weighted by molar-refractivity contribution is -0.246. The van der Waals surface area contributed by atoms with Crippen LogP contribution < -0.4 is 0 Å². The highest BCUT2D eigenvalue weighted by Gasteiger charge is 2.08. The highest BCUT2D eigenvalue weighted by molar-refractivity contribution is 5.68. The fourth-order valence-corrected chi connectivity index (χ4v) is 0.795. The average molecular weight is 204 g/mol. The van der Waals surface area contributed by atoms with Crippen molar-refractivity contribution in [2.75, 3.05) is 6.54 Å². The lowest BCUT2D eigenvalue weighted by Crippen LogP contribution is -2.27. The highest BCUT2D eigenvalue weighted by atomic mass is 16.9. The van der Waals surface area contributed by atoms with E-state index in [-0.39, 0.29) is 12.4 Å². The predicted octanol–water partition coefficient (Wildman–Crippen LogP) is 1.82. The molecule has 0 aromatic carbocycles. The van der Waals surface area contributed by atoms with Gasteiger partial charge in [0, 0.05) is 13.0 Å². The summed E-state index contributed by atoms with van der Waals surface area (Å²) in [6, 6.07) is 0. The fourth-order valence-electron chi connectivity index (χ4n) is 0.795. The standard InChI is InChI=1S/C9H18NO4/c1-4-6-7-10(12)14-8(3)13-9(11)5-2/h8H,4-7H2,1-3H3/q-1/t8-/m0/s1. The molecule has 0 amide bonds. The van der Waals surface area contributed by atoms with E-state index >= 15 is 0 Å². The van der Waals surface area contributed by atoms with Crippen molar-refractivity contribution in [1.82, 2.24) is 5.23 Å². The monoisotopic (exact) mass is 204 g/mol. The lowest BCUT2D eigenvalue weighted by Gasteiger charge is -2.29. The van der Waals surface area contributed by atoms with Gasteiger partial charge in [0.05, 0.1) is 0 Å². The normalized spacial score (nSPS) is 12.9. The summed E-state index contributed by atoms with van der Waals surface area (Å²) < 4.78 is 4.75. The van der Waals surface area contributed by atoms with Gasteiger partial charge < -0.3 is 9.94 Å². The van der Waals surface area contributed by atoms with Crippen LogP contribution in [0.5, 0.6) is 0 Å². The van der Waals surface area contributed by atoms with Crippen LogP contribution in [-0.2, 0) is 14.4 Å². The van der Waals surface area contributed by atoms with Crippen molar-refractivity contribution >= 4 is 5.97 Å². The van der Waals surface area contributed by atoms with E-state index in [0.29, 0.717) is 11.8 Å². The Kier molecular flexibility index (Phi) is 7.37. The molecule has 0 aliphatic heterocycles. The number of unbranched alkanes of at least 4 members (excludes halogenated alkanes) is 1. The largest absolute Gasteiger partial charge is 0.762 e. The minimum absolute atomic E-state index is 0.279. The van der Waals surface area contributed by atoms with Gasteiger partial charge in [-0.15, -0.1) is 0 Å². The van der Waals surface area contributed by atoms with E-state index in [1.165, 1.54) is 6.92 Å². The lowest BCUT2D eigenvalue weighted by atomic mass is 10.3. The molecule has 0 aromatic rings. The molecule has 5 heteroatoms. The number of esters is 1. The number of hydrogen-bond acceptors (Lipinski definition) is 5. The second-order valence-electron chi connectivity index (χ2n) is 2.93. The summed E-state index contributed by atoms with van der Waals surface area (Å²) >= 11 is 0. The van der Waals surface area contributed by atoms with E-state index in [9.17, 15) is 10.0 Å². The number of carbonyl (C=O) groups excluding carboxylic acids is 1. The zero-order valence-corrected chi connectivity index (χ0v) is 8.99. The van der Waals surface area contributed by atoms with Crippen molar-refractivity contribution in [2.24, 2.45) is 0 Å². The van der Waals surface area contributed by atoms with E-state index < -0.39 is 6.29 Å². The fraction of sp³-hybridized carbons (Fsp3) is 0.889. The summed E-state index contributed by atoms with van der Waals surface area (Å²) in [6.07, 6.45) is 1.15. The number of hydrogen-bond donors (Lipinski definition) is 0. The number of rotatable bonds is 7. The Balaban J connectivity index is 3.59. The molecule has 84 valence electrons. The zero-order valence-electron chi connectivity index (χ0n) is 8.99. The van der Waals surface area contributed by atoms with Gasteiger partial charge in [-0.1, -0.05) is 20.3 Å². The smallest absolute Gasteiger partial charge is 0.307 e. The van der Waals surface area contributed by atoms with E-state index in [4.69, 9.17) is 9.57 Å². The van der Waals surface area contributed by atoms with Gasteiger partial charge in [-0.3, -0.25) is 14.9 Å². The van der Waals surface area contributed by atoms with Crippen molar-refractivity contribution in [3.63, 3.8) is 0 Å². The Bertz CT molecular complexity index is 163. The molecule has 0 rings (SSSR count). The van der Waals surface area contributed by atoms with Gasteiger partial charge in [0.25, 0.3) is 0 Å². The molecule has 0 heterocycles. The Morgan fingerprint density at radius 1 is 1.50 bits per heavy atom. The molecular formula is C9H18NO4-. The molecular weight excluding hydrogens is 186 g/mol. The molecule has 0 saturated heterocycles. The minimum atomic E-state index is -0.809. The summed E-state index contributed by atoms with van der Waals surface area (Å²) in [5.74, 6) is -0.374. The van der Waals surface area contributed by atoms with E-state index in [2.05, 4.69) is 0 Å². The molecule has 0 radical (unpaired) electrons. The molecule has 0 fully saturated rings. The van der Waals surface area contributed by atoms with Gasteiger partial charge >= 0.3 is 5.97 Å². The average Bonchev–Trinajstić information content (AvgIpc) is 2.14. The van der Waals surface area contributed by atoms with Gasteiger partial charge in [0.1, 0.15) is 0 Å². The van der Waals surface area contributed by atoms with Gasteiger partial charge in [-0.2, -0.15) is 0 Å². The van der Waals surface area contributed by atoms with Gasteiger partial charge in [-0.25, -0.2) is 0 Å². The second kappa shape index (κ2) is 7.73. The van der Waals surface area contributed by atoms with Crippen LogP contribution in [0.2, 0.25) is 0 Å². The van der Waals surface area contributed by atoms with Crippen molar-refractivity contribution < 1.29 is 14.4 Å². The molecule has 0 saturated carbocycles. The minimum Gasteiger partial charge on any atom is -0.762 e. The molecule has 0 N–H and O–H groups in total. The van der Waals surface area contributed by atoms with Crippen LogP contribution in [0.15, 0.2) is 0 Å². The number of nitrogens with zero attached hydrogens (tertiary/aromatic N) is 1. The first-order valence-corrected chi connectivity index (χ1v) is 4.91. The number of ether oxygens (including phenoxy) is 1. The van der Waals surface area contributed by atoms with Crippen LogP contribution in [0.25, 0.3) is 0 Å². The summed E-state index contributed by atoms with van der Waals surface area (Å²) in [6.45, 7) is 5.48. The summed E-state index contributed by atoms with van der Waals surface area (Å²) in [4.78, 5) is 15.6. The molecule has 0 aliphatic carbocycles. The van der Waals surface area contributed by atoms with Crippen molar-refractivity contribution in [3.05, 3.63) is 5.21 Å². The van der Waals surface area contributed by atoms with Crippen LogP contribution in [0.3, 0.4) is 0 Å². The van der Waals surface area contributed by atoms with Crippen LogP contribution in [-0.4, -0.2) is 24.0 Å². The third kappa shape index (κ3) is 6.82. The summed E-state index contributed by atoms with van der Waals surface area (Å²) in [5.41, 5.74) is 0. The molecule has 1 atom stereocenters. The maximum atomic E-state index is 11.0. The molecule has 0 bridgehead atoms. The number of carbonyl (C=O) groups is 1. The van der Waals surface area contributed by atoms with E-state index in [1.54, 1.807) is 6.92 Å². The number of hydroxylamine groups is 2. The molecule has 0 aliphatic rings. The molecule has 0 aromatic heterocycles. The first kappa shape index (κ1) is 13.4. The third-order valence-electron chi connectivity index (χ3n) is 1.55. The summed E-state index contributed by atoms with van der Waals surface area (Å²) in [7, 11) is 0. The highest BCUT2D eigenvalue weighted by Crippen LogP contribution is 2.01. The van der Waals surface area contributed by atoms with Gasteiger partial charge in [0.15, 0.2) is 0 Å². The first-order chi connectivity index (χ1) is 6.60. The Labute approximate surface area is 84.5 Å². The second-order valence-corrected chi connectivity index (χ2v) is 2.93. The summed E-state index contributed by atoms with van der Waals surface area (Å²) in [5, 5.41) is 11.4. The SMILES string of the molecule is CCCCN([O-])O[C@@H](C)OC(=O)CC. The Morgan fingerprint density at radius 3 is 2.64 bits per heavy atom. The van der Waals surface area contributed by atoms with Crippen molar-refractivity contribution in [2.45, 2.75) is 46.3 Å². The van der Waals surface area contributed by atoms with E-state index in [0.717, 1.165) is 12.8 Å². The molecule has 14 heavy (non-hydrogen) atoms. The maximum Gasteiger partial charge on any atom is 0.307 e.